The highest BCUT2D eigenvalue weighted by Crippen LogP contribution is 2.19. The zero-order valence-corrected chi connectivity index (χ0v) is 67.6. The molecule has 0 saturated heterocycles. The van der Waals surface area contributed by atoms with Crippen molar-refractivity contribution in [2.45, 2.75) is 269 Å². The number of nitrogens with one attached hydrogen (secondary N) is 4. The Morgan fingerprint density at radius 2 is 0.912 bits per heavy atom. The Balaban J connectivity index is -0.000000633. The molecule has 5 N–H and O–H groups in total. The summed E-state index contributed by atoms with van der Waals surface area (Å²) in [5.41, 5.74) is -0.255. The van der Waals surface area contributed by atoms with Gasteiger partial charge in [0.05, 0.1) is 103 Å². The number of unbranched alkanes of at least 4 members (excludes halogenated alkanes) is 5. The summed E-state index contributed by atoms with van der Waals surface area (Å²) in [6.07, 6.45) is 16.3. The summed E-state index contributed by atoms with van der Waals surface area (Å²) >= 11 is 0. The van der Waals surface area contributed by atoms with E-state index in [1.54, 1.807) is 17.9 Å². The van der Waals surface area contributed by atoms with Crippen LogP contribution < -0.4 is 21.3 Å². The highest BCUT2D eigenvalue weighted by molar-refractivity contribution is 5.87. The maximum absolute atomic E-state index is 11.8. The number of carbonyl (C=O) groups excluding carboxylic acids is 6. The first-order valence-corrected chi connectivity index (χ1v) is 37.0. The van der Waals surface area contributed by atoms with E-state index in [4.69, 9.17) is 61.9 Å². The number of methoxy groups -OCH3 is 1. The van der Waals surface area contributed by atoms with Gasteiger partial charge >= 0.3 is 12.1 Å². The number of esters is 1. The molecule has 602 valence electrons. The van der Waals surface area contributed by atoms with Gasteiger partial charge in [-0.15, -0.1) is 5.10 Å². The highest BCUT2D eigenvalue weighted by atomic mass is 16.7. The number of ketones is 1. The van der Waals surface area contributed by atoms with Crippen molar-refractivity contribution in [1.82, 2.24) is 36.3 Å². The molecule has 1 aromatic rings. The van der Waals surface area contributed by atoms with E-state index in [0.29, 0.717) is 177 Å². The van der Waals surface area contributed by atoms with Crippen LogP contribution in [0.4, 0.5) is 4.79 Å². The Kier molecular flexibility index (Phi) is 66.7. The number of hydrogen-bond acceptors (Lipinski definition) is 22. The van der Waals surface area contributed by atoms with Crippen LogP contribution in [-0.2, 0) is 97.5 Å². The molecule has 27 nitrogen and oxygen atoms in total. The van der Waals surface area contributed by atoms with Crippen molar-refractivity contribution in [3.63, 3.8) is 0 Å². The van der Waals surface area contributed by atoms with E-state index in [-0.39, 0.29) is 65.1 Å². The number of aliphatic hydroxyl groups excluding tert-OH is 1. The van der Waals surface area contributed by atoms with Gasteiger partial charge in [-0.05, 0) is 146 Å². The Morgan fingerprint density at radius 3 is 1.41 bits per heavy atom. The van der Waals surface area contributed by atoms with Crippen LogP contribution in [0.2, 0.25) is 0 Å². The van der Waals surface area contributed by atoms with Crippen molar-refractivity contribution in [2.24, 2.45) is 5.41 Å². The van der Waals surface area contributed by atoms with E-state index >= 15 is 0 Å². The molecule has 0 spiro atoms. The Morgan fingerprint density at radius 1 is 0.441 bits per heavy atom. The van der Waals surface area contributed by atoms with E-state index in [9.17, 15) is 28.8 Å². The lowest BCUT2D eigenvalue weighted by molar-refractivity contribution is -0.155. The minimum Gasteiger partial charge on any atom is -0.460 e. The van der Waals surface area contributed by atoms with Crippen LogP contribution in [0.5, 0.6) is 0 Å². The Labute approximate surface area is 616 Å². The molecule has 1 rings (SSSR count). The van der Waals surface area contributed by atoms with Crippen molar-refractivity contribution < 1.29 is 95.5 Å². The normalized spacial score (nSPS) is 11.8. The number of rotatable bonds is 53. The topological polar surface area (TPSA) is 321 Å². The Bertz CT molecular complexity index is 2200. The Hall–Kier alpha value is -4.78. The second kappa shape index (κ2) is 65.7. The zero-order valence-electron chi connectivity index (χ0n) is 67.6. The number of carbonyl (C=O) groups is 6. The van der Waals surface area contributed by atoms with Crippen molar-refractivity contribution in [1.29, 1.82) is 0 Å². The second-order valence-electron chi connectivity index (χ2n) is 29.6. The van der Waals surface area contributed by atoms with E-state index in [1.807, 2.05) is 109 Å². The summed E-state index contributed by atoms with van der Waals surface area (Å²) < 4.78 is 70.4. The first-order valence-electron chi connectivity index (χ1n) is 37.0. The SMILES string of the molecule is CC.CC(C)(C)/C=C/C(=O)NCCCCCCNC(=O)CCCCOC(C)(C)C.CC(C)(C)OC(=O)NCCOCCOCCn1cc(C(C)(C)C)nn1.CC(C)(C)OCOCCOCCCC(=O)CCOCCOCCCC(=O)OC(C)(C)C.COCCCCC(=O)NCCOCCOCO. The molecular formula is C75H147N7O20. The summed E-state index contributed by atoms with van der Waals surface area (Å²) in [4.78, 5) is 69.4. The quantitative estimate of drug-likeness (QED) is 0.0175. The molecule has 0 bridgehead atoms. The molecule has 0 atom stereocenters. The zero-order chi connectivity index (χ0) is 78.0. The predicted molar refractivity (Wildman–Crippen MR) is 399 cm³/mol. The van der Waals surface area contributed by atoms with Crippen molar-refractivity contribution >= 4 is 35.6 Å². The molecule has 0 aliphatic heterocycles. The van der Waals surface area contributed by atoms with Crippen molar-refractivity contribution in [2.75, 3.05) is 153 Å². The summed E-state index contributed by atoms with van der Waals surface area (Å²) in [6.45, 7) is 50.3. The third kappa shape index (κ3) is 87.6. The van der Waals surface area contributed by atoms with E-state index < -0.39 is 17.3 Å². The summed E-state index contributed by atoms with van der Waals surface area (Å²) in [7, 11) is 1.65. The van der Waals surface area contributed by atoms with Gasteiger partial charge in [0.1, 0.15) is 30.6 Å². The van der Waals surface area contributed by atoms with Crippen LogP contribution in [0.15, 0.2) is 18.3 Å². The minimum atomic E-state index is -0.490. The maximum atomic E-state index is 11.8. The first kappa shape index (κ1) is 104. The van der Waals surface area contributed by atoms with Gasteiger partial charge in [-0.1, -0.05) is 79.5 Å². The van der Waals surface area contributed by atoms with Gasteiger partial charge in [0.25, 0.3) is 0 Å². The average molecular weight is 1470 g/mol. The molecule has 0 radical (unpaired) electrons. The number of amides is 4. The molecule has 27 heteroatoms. The number of aliphatic hydroxyl groups is 1. The standard InChI is InChI=1S/C23H44O8.C22H42N2O3.C17H32N4O4.C11H23NO5.C2H6/c1-22(2,3)30-19-29-18-17-26-12-7-9-20(24)11-14-28-16-15-27-13-8-10-21(25)31-23(4,5)6;1-21(2,3)15-14-20(26)24-17-11-8-7-10-16-23-19(25)13-9-12-18-27-22(4,5)6;1-16(2,3)14-13-21(20-19-14)8-10-24-12-11-23-9-7-18-15(22)25-17(4,5)6;1-15-6-3-2-4-11(14)12-5-7-16-8-9-17-10-13;1-2/h7-19H2,1-6H3;14-15H,7-13,16-18H2,1-6H3,(H,23,25)(H,24,26);13H,7-12H2,1-6H3,(H,18,22);13H,2-10H2,1H3,(H,12,14);1-2H3/b;15-14+;;;. The van der Waals surface area contributed by atoms with Gasteiger partial charge in [0, 0.05) is 103 Å². The second-order valence-corrected chi connectivity index (χ2v) is 29.6. The van der Waals surface area contributed by atoms with Gasteiger partial charge in [0.2, 0.25) is 17.7 Å². The fraction of sp³-hybridized carbons (Fsp3) is 0.867. The van der Waals surface area contributed by atoms with Gasteiger partial charge in [-0.25, -0.2) is 9.48 Å². The number of nitrogens with zero attached hydrogens (tertiary/aromatic N) is 3. The van der Waals surface area contributed by atoms with Crippen LogP contribution in [0.25, 0.3) is 0 Å². The number of alkyl carbamates (subject to hydrolysis) is 1. The molecule has 0 aliphatic carbocycles. The number of hydrogen-bond donors (Lipinski definition) is 5. The van der Waals surface area contributed by atoms with E-state index in [0.717, 1.165) is 63.6 Å². The van der Waals surface area contributed by atoms with E-state index in [1.165, 1.54) is 0 Å². The molecule has 1 aromatic heterocycles. The lowest BCUT2D eigenvalue weighted by Crippen LogP contribution is -2.34. The number of ether oxygens (including phenoxy) is 13. The molecule has 0 unspecified atom stereocenters. The fourth-order valence-corrected chi connectivity index (χ4v) is 7.43. The number of allylic oxidation sites excluding steroid dienone is 1. The average Bonchev–Trinajstić information content (AvgIpc) is 1.72. The molecule has 0 aliphatic rings. The smallest absolute Gasteiger partial charge is 0.407 e. The van der Waals surface area contributed by atoms with Crippen molar-refractivity contribution in [3.8, 4) is 0 Å². The van der Waals surface area contributed by atoms with Crippen LogP contribution in [0.1, 0.15) is 240 Å². The van der Waals surface area contributed by atoms with Crippen LogP contribution in [-0.4, -0.2) is 231 Å². The largest absolute Gasteiger partial charge is 0.460 e. The third-order valence-electron chi connectivity index (χ3n) is 12.6. The lowest BCUT2D eigenvalue weighted by Gasteiger charge is -2.19. The van der Waals surface area contributed by atoms with Crippen molar-refractivity contribution in [3.05, 3.63) is 24.0 Å². The van der Waals surface area contributed by atoms with Crippen LogP contribution in [0.3, 0.4) is 0 Å². The van der Waals surface area contributed by atoms with Crippen LogP contribution >= 0.6 is 0 Å². The highest BCUT2D eigenvalue weighted by Gasteiger charge is 2.19. The monoisotopic (exact) mass is 1470 g/mol. The molecule has 102 heavy (non-hydrogen) atoms. The molecule has 4 amide bonds. The summed E-state index contributed by atoms with van der Waals surface area (Å²) in [5.74, 6) is 0.0945. The van der Waals surface area contributed by atoms with Gasteiger partial charge in [-0.3, -0.25) is 24.0 Å². The summed E-state index contributed by atoms with van der Waals surface area (Å²) in [6, 6.07) is 0. The minimum absolute atomic E-state index is 0.000285. The maximum Gasteiger partial charge on any atom is 0.407 e. The van der Waals surface area contributed by atoms with Gasteiger partial charge in [-0.2, -0.15) is 0 Å². The molecule has 0 fully saturated rings. The first-order chi connectivity index (χ1) is 47.9. The molecular weight excluding hydrogens is 1320 g/mol. The molecule has 1 heterocycles. The third-order valence-corrected chi connectivity index (χ3v) is 12.6. The van der Waals surface area contributed by atoms with Gasteiger partial charge < -0.3 is 88.0 Å². The summed E-state index contributed by atoms with van der Waals surface area (Å²) in [5, 5.41) is 27.8. The predicted octanol–water partition coefficient (Wildman–Crippen LogP) is 11.1. The number of aromatic nitrogens is 3. The lowest BCUT2D eigenvalue weighted by atomic mass is 9.93. The van der Waals surface area contributed by atoms with E-state index in [2.05, 4.69) is 77.9 Å². The number of Topliss-reactive ketones (excluding diaryl/α,β-unsaturated/α-hetero) is 1. The fourth-order valence-electron chi connectivity index (χ4n) is 7.43. The van der Waals surface area contributed by atoms with Crippen LogP contribution in [0, 0.1) is 5.41 Å². The molecule has 0 saturated carbocycles. The van der Waals surface area contributed by atoms with Gasteiger partial charge in [0.15, 0.2) is 0 Å². The molecule has 0 aromatic carbocycles.